The molecule has 0 aliphatic carbocycles. The number of carbonyl (C=O) groups excluding carboxylic acids is 1. The van der Waals surface area contributed by atoms with Gasteiger partial charge in [-0.1, -0.05) is 29.3 Å². The lowest BCUT2D eigenvalue weighted by Crippen LogP contribution is -2.32. The van der Waals surface area contributed by atoms with E-state index in [1.807, 2.05) is 32.0 Å². The minimum atomic E-state index is -0.750. The number of nitrogens with one attached hydrogen (secondary N) is 2. The Kier molecular flexibility index (Phi) is 4.84. The molecule has 0 aliphatic heterocycles. The molecule has 110 valence electrons. The number of hydrogen-bond donors (Lipinski definition) is 3. The van der Waals surface area contributed by atoms with Gasteiger partial charge < -0.3 is 10.4 Å². The van der Waals surface area contributed by atoms with Gasteiger partial charge in [0.25, 0.3) is 0 Å². The fraction of sp³-hybridized carbons (Fsp3) is 0.267. The van der Waals surface area contributed by atoms with E-state index in [4.69, 9.17) is 0 Å². The maximum atomic E-state index is 11.7. The summed E-state index contributed by atoms with van der Waals surface area (Å²) in [6.45, 7) is 4.07. The van der Waals surface area contributed by atoms with Crippen molar-refractivity contribution in [2.75, 3.05) is 11.9 Å². The predicted molar refractivity (Wildman–Crippen MR) is 79.9 cm³/mol. The highest BCUT2D eigenvalue weighted by atomic mass is 16.3. The number of aliphatic hydroxyl groups excluding tert-OH is 1. The molecule has 21 heavy (non-hydrogen) atoms. The fourth-order valence-corrected chi connectivity index (χ4v) is 2.03. The topological polar surface area (TPSA) is 87.1 Å². The second kappa shape index (κ2) is 6.81. The SMILES string of the molecule is Cc1cc(C)cc(C(O)CNC(=O)Nc2ccncn2)c1. The number of hydrogen-bond acceptors (Lipinski definition) is 4. The Morgan fingerprint density at radius 2 is 2.00 bits per heavy atom. The molecule has 1 heterocycles. The van der Waals surface area contributed by atoms with Crippen molar-refractivity contribution in [2.45, 2.75) is 20.0 Å². The van der Waals surface area contributed by atoms with Gasteiger partial charge in [-0.05, 0) is 25.5 Å². The van der Waals surface area contributed by atoms with Gasteiger partial charge in [0.05, 0.1) is 6.10 Å². The average Bonchev–Trinajstić information content (AvgIpc) is 2.45. The van der Waals surface area contributed by atoms with E-state index in [0.717, 1.165) is 16.7 Å². The lowest BCUT2D eigenvalue weighted by molar-refractivity contribution is 0.175. The van der Waals surface area contributed by atoms with E-state index in [-0.39, 0.29) is 6.54 Å². The summed E-state index contributed by atoms with van der Waals surface area (Å²) in [6, 6.07) is 7.01. The van der Waals surface area contributed by atoms with Crippen molar-refractivity contribution in [2.24, 2.45) is 0 Å². The van der Waals surface area contributed by atoms with Crippen molar-refractivity contribution in [1.29, 1.82) is 0 Å². The molecule has 1 aromatic heterocycles. The molecule has 0 radical (unpaired) electrons. The molecule has 0 saturated carbocycles. The summed E-state index contributed by atoms with van der Waals surface area (Å²) < 4.78 is 0. The van der Waals surface area contributed by atoms with Crippen molar-refractivity contribution >= 4 is 11.8 Å². The fourth-order valence-electron chi connectivity index (χ4n) is 2.03. The van der Waals surface area contributed by atoms with Crippen molar-refractivity contribution in [3.8, 4) is 0 Å². The largest absolute Gasteiger partial charge is 0.387 e. The van der Waals surface area contributed by atoms with Crippen LogP contribution in [-0.4, -0.2) is 27.7 Å². The molecule has 0 saturated heterocycles. The van der Waals surface area contributed by atoms with Gasteiger partial charge in [-0.3, -0.25) is 5.32 Å². The molecule has 0 spiro atoms. The van der Waals surface area contributed by atoms with Crippen LogP contribution in [0.25, 0.3) is 0 Å². The van der Waals surface area contributed by atoms with Crippen molar-refractivity contribution < 1.29 is 9.90 Å². The molecule has 1 aromatic carbocycles. The Balaban J connectivity index is 1.88. The van der Waals surface area contributed by atoms with Crippen LogP contribution in [0.15, 0.2) is 36.8 Å². The quantitative estimate of drug-likeness (QED) is 0.801. The summed E-state index contributed by atoms with van der Waals surface area (Å²) in [5.41, 5.74) is 2.94. The van der Waals surface area contributed by atoms with Crippen molar-refractivity contribution in [1.82, 2.24) is 15.3 Å². The van der Waals surface area contributed by atoms with E-state index in [0.29, 0.717) is 5.82 Å². The van der Waals surface area contributed by atoms with Gasteiger partial charge in [-0.2, -0.15) is 0 Å². The molecular formula is C15H18N4O2. The minimum Gasteiger partial charge on any atom is -0.387 e. The molecule has 1 unspecified atom stereocenters. The molecule has 2 rings (SSSR count). The van der Waals surface area contributed by atoms with E-state index in [2.05, 4.69) is 20.6 Å². The molecule has 0 bridgehead atoms. The molecular weight excluding hydrogens is 268 g/mol. The molecule has 0 fully saturated rings. The third-order valence-electron chi connectivity index (χ3n) is 2.91. The van der Waals surface area contributed by atoms with E-state index in [9.17, 15) is 9.90 Å². The van der Waals surface area contributed by atoms with Crippen LogP contribution in [0.2, 0.25) is 0 Å². The number of amides is 2. The van der Waals surface area contributed by atoms with Crippen LogP contribution in [0, 0.1) is 13.8 Å². The Labute approximate surface area is 123 Å². The molecule has 6 heteroatoms. The minimum absolute atomic E-state index is 0.125. The highest BCUT2D eigenvalue weighted by Gasteiger charge is 2.10. The van der Waals surface area contributed by atoms with Gasteiger partial charge in [0.15, 0.2) is 0 Å². The lowest BCUT2D eigenvalue weighted by atomic mass is 10.0. The zero-order chi connectivity index (χ0) is 15.2. The van der Waals surface area contributed by atoms with Crippen LogP contribution in [0.1, 0.15) is 22.8 Å². The van der Waals surface area contributed by atoms with Gasteiger partial charge >= 0.3 is 6.03 Å². The second-order valence-electron chi connectivity index (χ2n) is 4.87. The maximum absolute atomic E-state index is 11.7. The zero-order valence-electron chi connectivity index (χ0n) is 12.0. The number of nitrogens with zero attached hydrogens (tertiary/aromatic N) is 2. The van der Waals surface area contributed by atoms with Crippen LogP contribution in [-0.2, 0) is 0 Å². The van der Waals surface area contributed by atoms with E-state index >= 15 is 0 Å². The Morgan fingerprint density at radius 3 is 2.62 bits per heavy atom. The summed E-state index contributed by atoms with van der Waals surface area (Å²) >= 11 is 0. The first-order valence-electron chi connectivity index (χ1n) is 6.62. The van der Waals surface area contributed by atoms with Gasteiger partial charge in [-0.15, -0.1) is 0 Å². The third-order valence-corrected chi connectivity index (χ3v) is 2.91. The van der Waals surface area contributed by atoms with Crippen LogP contribution in [0.5, 0.6) is 0 Å². The molecule has 0 aliphatic rings. The number of aliphatic hydroxyl groups is 1. The van der Waals surface area contributed by atoms with Crippen molar-refractivity contribution in [3.63, 3.8) is 0 Å². The summed E-state index contributed by atoms with van der Waals surface area (Å²) in [7, 11) is 0. The third kappa shape index (κ3) is 4.54. The summed E-state index contributed by atoms with van der Waals surface area (Å²) in [6.07, 6.45) is 2.13. The average molecular weight is 286 g/mol. The monoisotopic (exact) mass is 286 g/mol. The number of anilines is 1. The van der Waals surface area contributed by atoms with E-state index in [1.54, 1.807) is 6.07 Å². The first-order chi connectivity index (χ1) is 10.0. The zero-order valence-corrected chi connectivity index (χ0v) is 12.0. The number of carbonyl (C=O) groups is 1. The number of urea groups is 1. The Hall–Kier alpha value is -2.47. The normalized spacial score (nSPS) is 11.8. The highest BCUT2D eigenvalue weighted by molar-refractivity contribution is 5.88. The smallest absolute Gasteiger partial charge is 0.320 e. The van der Waals surface area contributed by atoms with Crippen LogP contribution in [0.3, 0.4) is 0 Å². The van der Waals surface area contributed by atoms with Crippen molar-refractivity contribution in [3.05, 3.63) is 53.5 Å². The van der Waals surface area contributed by atoms with Crippen LogP contribution in [0.4, 0.5) is 10.6 Å². The summed E-state index contributed by atoms with van der Waals surface area (Å²) in [5.74, 6) is 0.406. The second-order valence-corrected chi connectivity index (χ2v) is 4.87. The molecule has 6 nitrogen and oxygen atoms in total. The molecule has 2 amide bonds. The van der Waals surface area contributed by atoms with Gasteiger partial charge in [-0.25, -0.2) is 14.8 Å². The predicted octanol–water partition coefficient (Wildman–Crippen LogP) is 1.95. The number of benzene rings is 1. The maximum Gasteiger partial charge on any atom is 0.320 e. The molecule has 3 N–H and O–H groups in total. The number of aryl methyl sites for hydroxylation is 2. The standard InChI is InChI=1S/C15H18N4O2/c1-10-5-11(2)7-12(6-10)13(20)8-17-15(21)19-14-3-4-16-9-18-14/h3-7,9,13,20H,8H2,1-2H3,(H2,16,17,18,19,21). The number of rotatable bonds is 4. The van der Waals surface area contributed by atoms with Gasteiger partial charge in [0.2, 0.25) is 0 Å². The summed E-state index contributed by atoms with van der Waals surface area (Å²) in [5, 5.41) is 15.3. The Morgan fingerprint density at radius 1 is 1.29 bits per heavy atom. The van der Waals surface area contributed by atoms with Gasteiger partial charge in [0, 0.05) is 12.7 Å². The first-order valence-corrected chi connectivity index (χ1v) is 6.62. The highest BCUT2D eigenvalue weighted by Crippen LogP contribution is 2.16. The number of aromatic nitrogens is 2. The van der Waals surface area contributed by atoms with E-state index in [1.165, 1.54) is 12.5 Å². The van der Waals surface area contributed by atoms with Gasteiger partial charge in [0.1, 0.15) is 12.1 Å². The summed E-state index contributed by atoms with van der Waals surface area (Å²) in [4.78, 5) is 19.3. The van der Waals surface area contributed by atoms with Crippen LogP contribution >= 0.6 is 0 Å². The molecule has 1 atom stereocenters. The molecule has 2 aromatic rings. The lowest BCUT2D eigenvalue weighted by Gasteiger charge is -2.14. The Bertz CT molecular complexity index is 596. The first kappa shape index (κ1) is 14.9. The van der Waals surface area contributed by atoms with E-state index < -0.39 is 12.1 Å². The van der Waals surface area contributed by atoms with Crippen LogP contribution < -0.4 is 10.6 Å².